The van der Waals surface area contributed by atoms with Gasteiger partial charge in [-0.1, -0.05) is 49.4 Å². The Kier molecular flexibility index (Phi) is 3.95. The summed E-state index contributed by atoms with van der Waals surface area (Å²) in [4.78, 5) is 11.1. The molecule has 0 aliphatic carbocycles. The first-order chi connectivity index (χ1) is 8.70. The van der Waals surface area contributed by atoms with Crippen LogP contribution in [0.2, 0.25) is 0 Å². The third-order valence-electron chi connectivity index (χ3n) is 3.00. The lowest BCUT2D eigenvalue weighted by molar-refractivity contribution is -0.139. The van der Waals surface area contributed by atoms with Gasteiger partial charge in [0.1, 0.15) is 6.04 Å². The first-order valence-corrected chi connectivity index (χ1v) is 6.14. The first-order valence-electron chi connectivity index (χ1n) is 6.14. The van der Waals surface area contributed by atoms with E-state index in [1.165, 1.54) is 5.39 Å². The number of likely N-dealkylation sites (N-methyl/N-ethyl adjacent to an activating group) is 1. The predicted molar refractivity (Wildman–Crippen MR) is 72.8 cm³/mol. The number of hydrogen-bond acceptors (Lipinski definition) is 2. The minimum Gasteiger partial charge on any atom is -0.480 e. The molecule has 0 radical (unpaired) electrons. The molecular formula is C15H17NO2. The van der Waals surface area contributed by atoms with Crippen molar-refractivity contribution >= 4 is 16.7 Å². The number of benzene rings is 2. The summed E-state index contributed by atoms with van der Waals surface area (Å²) >= 11 is 0. The van der Waals surface area contributed by atoms with Crippen LogP contribution in [0.15, 0.2) is 42.5 Å². The largest absolute Gasteiger partial charge is 0.480 e. The second-order valence-electron chi connectivity index (χ2n) is 4.33. The third kappa shape index (κ3) is 2.87. The van der Waals surface area contributed by atoms with Crippen LogP contribution in [0.5, 0.6) is 0 Å². The molecule has 3 heteroatoms. The highest BCUT2D eigenvalue weighted by Gasteiger charge is 2.16. The SMILES string of the molecule is CCNC(Cc1ccc2ccccc2c1)C(=O)O. The fourth-order valence-electron chi connectivity index (χ4n) is 2.09. The van der Waals surface area contributed by atoms with E-state index in [1.54, 1.807) is 0 Å². The van der Waals surface area contributed by atoms with Gasteiger partial charge in [0.05, 0.1) is 0 Å². The molecule has 1 atom stereocenters. The number of carboxylic acid groups (broad SMARTS) is 1. The highest BCUT2D eigenvalue weighted by atomic mass is 16.4. The molecule has 18 heavy (non-hydrogen) atoms. The summed E-state index contributed by atoms with van der Waals surface area (Å²) in [7, 11) is 0. The number of rotatable bonds is 5. The van der Waals surface area contributed by atoms with Gasteiger partial charge in [0.25, 0.3) is 0 Å². The summed E-state index contributed by atoms with van der Waals surface area (Å²) in [6.45, 7) is 2.57. The molecule has 0 aliphatic heterocycles. The molecule has 0 aliphatic rings. The van der Waals surface area contributed by atoms with Gasteiger partial charge in [-0.05, 0) is 29.3 Å². The second-order valence-corrected chi connectivity index (χ2v) is 4.33. The molecule has 1 unspecified atom stereocenters. The van der Waals surface area contributed by atoms with Crippen molar-refractivity contribution in [3.8, 4) is 0 Å². The van der Waals surface area contributed by atoms with Crippen LogP contribution in [-0.4, -0.2) is 23.7 Å². The quantitative estimate of drug-likeness (QED) is 0.848. The molecule has 3 nitrogen and oxygen atoms in total. The maximum Gasteiger partial charge on any atom is 0.321 e. The van der Waals surface area contributed by atoms with Crippen molar-refractivity contribution in [2.45, 2.75) is 19.4 Å². The van der Waals surface area contributed by atoms with Gasteiger partial charge in [0, 0.05) is 0 Å². The fraction of sp³-hybridized carbons (Fsp3) is 0.267. The third-order valence-corrected chi connectivity index (χ3v) is 3.00. The van der Waals surface area contributed by atoms with Crippen molar-refractivity contribution in [1.82, 2.24) is 5.32 Å². The lowest BCUT2D eigenvalue weighted by Crippen LogP contribution is -2.38. The van der Waals surface area contributed by atoms with Gasteiger partial charge in [-0.15, -0.1) is 0 Å². The lowest BCUT2D eigenvalue weighted by Gasteiger charge is -2.13. The van der Waals surface area contributed by atoms with Crippen molar-refractivity contribution in [3.63, 3.8) is 0 Å². The van der Waals surface area contributed by atoms with Crippen molar-refractivity contribution in [2.24, 2.45) is 0 Å². The average Bonchev–Trinajstić information content (AvgIpc) is 2.38. The fourth-order valence-corrected chi connectivity index (χ4v) is 2.09. The zero-order chi connectivity index (χ0) is 13.0. The molecule has 2 rings (SSSR count). The summed E-state index contributed by atoms with van der Waals surface area (Å²) in [6, 6.07) is 13.7. The number of carboxylic acids is 1. The zero-order valence-electron chi connectivity index (χ0n) is 10.4. The topological polar surface area (TPSA) is 49.3 Å². The summed E-state index contributed by atoms with van der Waals surface area (Å²) in [5, 5.41) is 14.4. The Balaban J connectivity index is 2.22. The van der Waals surface area contributed by atoms with E-state index in [-0.39, 0.29) is 0 Å². The molecule has 0 saturated carbocycles. The molecule has 94 valence electrons. The van der Waals surface area contributed by atoms with Crippen molar-refractivity contribution in [1.29, 1.82) is 0 Å². The standard InChI is InChI=1S/C15H17NO2/c1-2-16-14(15(17)18)10-11-7-8-12-5-3-4-6-13(12)9-11/h3-9,14,16H,2,10H2,1H3,(H,17,18). The van der Waals surface area contributed by atoms with E-state index in [4.69, 9.17) is 5.11 Å². The Morgan fingerprint density at radius 2 is 1.94 bits per heavy atom. The van der Waals surface area contributed by atoms with E-state index in [9.17, 15) is 4.79 Å². The van der Waals surface area contributed by atoms with Crippen LogP contribution in [0.1, 0.15) is 12.5 Å². The molecule has 2 aromatic rings. The normalized spacial score (nSPS) is 12.5. The van der Waals surface area contributed by atoms with Crippen LogP contribution in [0, 0.1) is 0 Å². The predicted octanol–water partition coefficient (Wildman–Crippen LogP) is 2.45. The van der Waals surface area contributed by atoms with Gasteiger partial charge in [-0.25, -0.2) is 0 Å². The van der Waals surface area contributed by atoms with E-state index < -0.39 is 12.0 Å². The molecule has 2 N–H and O–H groups in total. The Hall–Kier alpha value is -1.87. The van der Waals surface area contributed by atoms with Gasteiger partial charge in [0.15, 0.2) is 0 Å². The van der Waals surface area contributed by atoms with Gasteiger partial charge >= 0.3 is 5.97 Å². The van der Waals surface area contributed by atoms with Gasteiger partial charge in [0.2, 0.25) is 0 Å². The van der Waals surface area contributed by atoms with Gasteiger partial charge < -0.3 is 10.4 Å². The maximum absolute atomic E-state index is 11.1. The highest BCUT2D eigenvalue weighted by molar-refractivity contribution is 5.83. The summed E-state index contributed by atoms with van der Waals surface area (Å²) in [5.41, 5.74) is 1.04. The number of aliphatic carboxylic acids is 1. The maximum atomic E-state index is 11.1. The molecule has 0 bridgehead atoms. The molecular weight excluding hydrogens is 226 g/mol. The van der Waals surface area contributed by atoms with E-state index in [0.29, 0.717) is 13.0 Å². The van der Waals surface area contributed by atoms with Crippen LogP contribution in [0.25, 0.3) is 10.8 Å². The van der Waals surface area contributed by atoms with E-state index in [0.717, 1.165) is 10.9 Å². The second kappa shape index (κ2) is 5.65. The summed E-state index contributed by atoms with van der Waals surface area (Å²) in [6.07, 6.45) is 0.508. The first kappa shape index (κ1) is 12.6. The summed E-state index contributed by atoms with van der Waals surface area (Å²) in [5.74, 6) is -0.801. The number of nitrogens with one attached hydrogen (secondary N) is 1. The minimum atomic E-state index is -0.801. The van der Waals surface area contributed by atoms with Crippen LogP contribution in [0.4, 0.5) is 0 Å². The molecule has 2 aromatic carbocycles. The van der Waals surface area contributed by atoms with Gasteiger partial charge in [-0.2, -0.15) is 0 Å². The van der Waals surface area contributed by atoms with Crippen LogP contribution >= 0.6 is 0 Å². The van der Waals surface area contributed by atoms with Crippen molar-refractivity contribution < 1.29 is 9.90 Å². The highest BCUT2D eigenvalue weighted by Crippen LogP contribution is 2.16. The molecule has 0 saturated heterocycles. The van der Waals surface area contributed by atoms with Crippen molar-refractivity contribution in [3.05, 3.63) is 48.0 Å². The van der Waals surface area contributed by atoms with E-state index in [2.05, 4.69) is 17.4 Å². The number of hydrogen-bond donors (Lipinski definition) is 2. The van der Waals surface area contributed by atoms with Crippen LogP contribution < -0.4 is 5.32 Å². The molecule has 0 amide bonds. The molecule has 0 fully saturated rings. The van der Waals surface area contributed by atoms with Crippen LogP contribution in [0.3, 0.4) is 0 Å². The Morgan fingerprint density at radius 1 is 1.22 bits per heavy atom. The minimum absolute atomic E-state index is 0.508. The zero-order valence-corrected chi connectivity index (χ0v) is 10.4. The number of fused-ring (bicyclic) bond motifs is 1. The van der Waals surface area contributed by atoms with Crippen LogP contribution in [-0.2, 0) is 11.2 Å². The smallest absolute Gasteiger partial charge is 0.321 e. The van der Waals surface area contributed by atoms with E-state index >= 15 is 0 Å². The number of carbonyl (C=O) groups is 1. The molecule has 0 aromatic heterocycles. The molecule has 0 spiro atoms. The average molecular weight is 243 g/mol. The Morgan fingerprint density at radius 3 is 2.61 bits per heavy atom. The summed E-state index contributed by atoms with van der Waals surface area (Å²) < 4.78 is 0. The Labute approximate surface area is 106 Å². The Bertz CT molecular complexity index is 551. The molecule has 0 heterocycles. The van der Waals surface area contributed by atoms with E-state index in [1.807, 2.05) is 37.3 Å². The van der Waals surface area contributed by atoms with Crippen molar-refractivity contribution in [2.75, 3.05) is 6.54 Å². The monoisotopic (exact) mass is 243 g/mol. The van der Waals surface area contributed by atoms with Gasteiger partial charge in [-0.3, -0.25) is 4.79 Å². The lowest BCUT2D eigenvalue weighted by atomic mass is 10.0.